The predicted octanol–water partition coefficient (Wildman–Crippen LogP) is 0.215. The molecule has 15 heavy (non-hydrogen) atoms. The molecule has 1 unspecified atom stereocenters. The smallest absolute Gasteiger partial charge is 0.0969 e. The van der Waals surface area contributed by atoms with E-state index in [-0.39, 0.29) is 0 Å². The first-order valence-electron chi connectivity index (χ1n) is 4.96. The van der Waals surface area contributed by atoms with Gasteiger partial charge < -0.3 is 14.6 Å². The third kappa shape index (κ3) is 4.92. The zero-order valence-corrected chi connectivity index (χ0v) is 9.22. The van der Waals surface area contributed by atoms with Crippen molar-refractivity contribution in [1.82, 2.24) is 9.78 Å². The van der Waals surface area contributed by atoms with Gasteiger partial charge in [-0.2, -0.15) is 5.10 Å². The molecule has 0 bridgehead atoms. The molecular weight excluding hydrogens is 196 g/mol. The van der Waals surface area contributed by atoms with E-state index in [0.29, 0.717) is 26.4 Å². The van der Waals surface area contributed by atoms with Gasteiger partial charge in [0.1, 0.15) is 0 Å². The van der Waals surface area contributed by atoms with Crippen LogP contribution in [0, 0.1) is 6.92 Å². The minimum Gasteiger partial charge on any atom is -0.389 e. The van der Waals surface area contributed by atoms with Gasteiger partial charge in [0.25, 0.3) is 0 Å². The molecule has 0 aliphatic carbocycles. The maximum Gasteiger partial charge on any atom is 0.0969 e. The lowest BCUT2D eigenvalue weighted by atomic mass is 10.4. The molecule has 5 nitrogen and oxygen atoms in total. The molecule has 0 aliphatic heterocycles. The molecule has 1 aromatic heterocycles. The number of aryl methyl sites for hydroxylation is 1. The van der Waals surface area contributed by atoms with Crippen LogP contribution in [0.1, 0.15) is 5.56 Å². The lowest BCUT2D eigenvalue weighted by Crippen LogP contribution is -2.23. The fourth-order valence-corrected chi connectivity index (χ4v) is 1.20. The zero-order valence-electron chi connectivity index (χ0n) is 9.22. The minimum atomic E-state index is -0.527. The van der Waals surface area contributed by atoms with E-state index >= 15 is 0 Å². The summed E-state index contributed by atoms with van der Waals surface area (Å²) in [5.41, 5.74) is 1.09. The second-order valence-corrected chi connectivity index (χ2v) is 3.46. The molecule has 0 amide bonds. The average molecular weight is 214 g/mol. The maximum absolute atomic E-state index is 9.58. The van der Waals surface area contributed by atoms with E-state index < -0.39 is 6.10 Å². The summed E-state index contributed by atoms with van der Waals surface area (Å²) in [4.78, 5) is 0. The molecule has 0 saturated carbocycles. The van der Waals surface area contributed by atoms with Crippen LogP contribution in [0.2, 0.25) is 0 Å². The summed E-state index contributed by atoms with van der Waals surface area (Å²) in [6.07, 6.45) is 3.12. The van der Waals surface area contributed by atoms with Gasteiger partial charge in [0.15, 0.2) is 0 Å². The van der Waals surface area contributed by atoms with E-state index in [2.05, 4.69) is 5.10 Å². The van der Waals surface area contributed by atoms with Crippen molar-refractivity contribution in [3.8, 4) is 0 Å². The predicted molar refractivity (Wildman–Crippen MR) is 55.7 cm³/mol. The van der Waals surface area contributed by atoms with E-state index in [1.807, 2.05) is 13.1 Å². The normalized spacial score (nSPS) is 13.0. The molecule has 0 aromatic carbocycles. The molecule has 0 saturated heterocycles. The number of hydrogen-bond acceptors (Lipinski definition) is 4. The molecular formula is C10H18N2O3. The molecule has 1 rings (SSSR count). The average Bonchev–Trinajstić information content (AvgIpc) is 2.59. The Bertz CT molecular complexity index is 275. The van der Waals surface area contributed by atoms with E-state index in [1.54, 1.807) is 18.0 Å². The van der Waals surface area contributed by atoms with E-state index in [0.717, 1.165) is 5.56 Å². The van der Waals surface area contributed by atoms with Crippen molar-refractivity contribution in [3.05, 3.63) is 18.0 Å². The summed E-state index contributed by atoms with van der Waals surface area (Å²) in [6, 6.07) is 0. The van der Waals surface area contributed by atoms with Crippen molar-refractivity contribution in [2.24, 2.45) is 0 Å². The van der Waals surface area contributed by atoms with E-state index in [4.69, 9.17) is 9.47 Å². The third-order valence-electron chi connectivity index (χ3n) is 1.90. The van der Waals surface area contributed by atoms with Crippen LogP contribution in [0.25, 0.3) is 0 Å². The first-order valence-corrected chi connectivity index (χ1v) is 4.96. The summed E-state index contributed by atoms with van der Waals surface area (Å²) < 4.78 is 11.7. The molecule has 5 heteroatoms. The van der Waals surface area contributed by atoms with Gasteiger partial charge in [0, 0.05) is 13.3 Å². The van der Waals surface area contributed by atoms with Gasteiger partial charge in [0.2, 0.25) is 0 Å². The highest BCUT2D eigenvalue weighted by Crippen LogP contribution is 1.97. The number of aliphatic hydroxyl groups is 1. The lowest BCUT2D eigenvalue weighted by Gasteiger charge is -2.10. The summed E-state index contributed by atoms with van der Waals surface area (Å²) in [7, 11) is 1.62. The fraction of sp³-hybridized carbons (Fsp3) is 0.700. The number of nitrogens with zero attached hydrogens (tertiary/aromatic N) is 2. The second-order valence-electron chi connectivity index (χ2n) is 3.46. The molecule has 86 valence electrons. The highest BCUT2D eigenvalue weighted by Gasteiger charge is 2.05. The van der Waals surface area contributed by atoms with Crippen LogP contribution in [-0.2, 0) is 16.0 Å². The first-order chi connectivity index (χ1) is 7.22. The maximum atomic E-state index is 9.58. The Labute approximate surface area is 89.6 Å². The molecule has 1 heterocycles. The lowest BCUT2D eigenvalue weighted by molar-refractivity contribution is 0.00597. The van der Waals surface area contributed by atoms with Crippen molar-refractivity contribution in [3.63, 3.8) is 0 Å². The molecule has 0 fully saturated rings. The highest BCUT2D eigenvalue weighted by molar-refractivity contribution is 4.99. The molecule has 1 aromatic rings. The molecule has 1 N–H and O–H groups in total. The van der Waals surface area contributed by atoms with Crippen molar-refractivity contribution in [1.29, 1.82) is 0 Å². The topological polar surface area (TPSA) is 56.5 Å². The molecule has 0 aliphatic rings. The van der Waals surface area contributed by atoms with E-state index in [9.17, 15) is 5.11 Å². The Morgan fingerprint density at radius 3 is 2.93 bits per heavy atom. The van der Waals surface area contributed by atoms with Crippen molar-refractivity contribution >= 4 is 0 Å². The van der Waals surface area contributed by atoms with Crippen molar-refractivity contribution in [2.45, 2.75) is 19.6 Å². The van der Waals surface area contributed by atoms with Crippen LogP contribution in [0.3, 0.4) is 0 Å². The second kappa shape index (κ2) is 6.55. The fourth-order valence-electron chi connectivity index (χ4n) is 1.20. The standard InChI is InChI=1S/C10H18N2O3/c1-9-5-11-12(6-9)7-10(13)8-15-4-3-14-2/h5-6,10,13H,3-4,7-8H2,1-2H3. The number of aromatic nitrogens is 2. The van der Waals surface area contributed by atoms with Crippen LogP contribution in [0.15, 0.2) is 12.4 Å². The van der Waals surface area contributed by atoms with Gasteiger partial charge in [-0.3, -0.25) is 4.68 Å². The zero-order chi connectivity index (χ0) is 11.1. The van der Waals surface area contributed by atoms with Crippen LogP contribution in [-0.4, -0.2) is 47.9 Å². The SMILES string of the molecule is COCCOCC(O)Cn1cc(C)cn1. The Kier molecular flexibility index (Phi) is 5.31. The molecule has 0 spiro atoms. The monoisotopic (exact) mass is 214 g/mol. The van der Waals surface area contributed by atoms with Crippen molar-refractivity contribution in [2.75, 3.05) is 26.9 Å². The van der Waals surface area contributed by atoms with Gasteiger partial charge >= 0.3 is 0 Å². The number of methoxy groups -OCH3 is 1. The van der Waals surface area contributed by atoms with Gasteiger partial charge in [-0.25, -0.2) is 0 Å². The van der Waals surface area contributed by atoms with Crippen LogP contribution < -0.4 is 0 Å². The van der Waals surface area contributed by atoms with Gasteiger partial charge in [-0.15, -0.1) is 0 Å². The van der Waals surface area contributed by atoms with Gasteiger partial charge in [0.05, 0.1) is 38.7 Å². The number of ether oxygens (including phenoxy) is 2. The third-order valence-corrected chi connectivity index (χ3v) is 1.90. The van der Waals surface area contributed by atoms with Crippen molar-refractivity contribution < 1.29 is 14.6 Å². The Balaban J connectivity index is 2.15. The largest absolute Gasteiger partial charge is 0.389 e. The Hall–Kier alpha value is -0.910. The summed E-state index contributed by atoms with van der Waals surface area (Å²) in [5, 5.41) is 13.7. The van der Waals surface area contributed by atoms with Crippen LogP contribution in [0.5, 0.6) is 0 Å². The van der Waals surface area contributed by atoms with Gasteiger partial charge in [-0.1, -0.05) is 0 Å². The molecule has 1 atom stereocenters. The number of hydrogen-bond donors (Lipinski definition) is 1. The number of aliphatic hydroxyl groups excluding tert-OH is 1. The first kappa shape index (κ1) is 12.2. The Morgan fingerprint density at radius 2 is 2.33 bits per heavy atom. The van der Waals surface area contributed by atoms with Crippen LogP contribution in [0.4, 0.5) is 0 Å². The molecule has 0 radical (unpaired) electrons. The summed E-state index contributed by atoms with van der Waals surface area (Å²) in [5.74, 6) is 0. The quantitative estimate of drug-likeness (QED) is 0.659. The van der Waals surface area contributed by atoms with Crippen LogP contribution >= 0.6 is 0 Å². The number of rotatable bonds is 7. The van der Waals surface area contributed by atoms with E-state index in [1.165, 1.54) is 0 Å². The minimum absolute atomic E-state index is 0.308. The Morgan fingerprint density at radius 1 is 1.53 bits per heavy atom. The highest BCUT2D eigenvalue weighted by atomic mass is 16.5. The summed E-state index contributed by atoms with van der Waals surface area (Å²) >= 11 is 0. The van der Waals surface area contributed by atoms with Gasteiger partial charge in [-0.05, 0) is 12.5 Å². The summed E-state index contributed by atoms with van der Waals surface area (Å²) in [6.45, 7) is 3.79.